The van der Waals surface area contributed by atoms with Crippen molar-refractivity contribution in [3.63, 3.8) is 0 Å². The molecule has 0 aromatic carbocycles. The average molecular weight is 234 g/mol. The van der Waals surface area contributed by atoms with E-state index in [0.717, 1.165) is 4.57 Å². The van der Waals surface area contributed by atoms with E-state index in [1.54, 1.807) is 11.7 Å². The molecule has 1 N–H and O–H groups in total. The first kappa shape index (κ1) is 11.3. The van der Waals surface area contributed by atoms with Gasteiger partial charge in [-0.05, 0) is 12.1 Å². The number of rotatable bonds is 3. The summed E-state index contributed by atoms with van der Waals surface area (Å²) in [7, 11) is 3.11. The van der Waals surface area contributed by atoms with Crippen LogP contribution in [0.2, 0.25) is 0 Å². The van der Waals surface area contributed by atoms with Gasteiger partial charge in [0.05, 0.1) is 6.54 Å². The summed E-state index contributed by atoms with van der Waals surface area (Å²) < 4.78 is 4.30. The summed E-state index contributed by atoms with van der Waals surface area (Å²) in [6.07, 6.45) is 3.69. The highest BCUT2D eigenvalue weighted by Crippen LogP contribution is 1.93. The van der Waals surface area contributed by atoms with Crippen LogP contribution in [-0.2, 0) is 20.6 Å². The Kier molecular flexibility index (Phi) is 2.86. The van der Waals surface area contributed by atoms with Crippen LogP contribution in [0.1, 0.15) is 5.69 Å². The Morgan fingerprint density at radius 2 is 1.76 bits per heavy atom. The SMILES string of the molecule is Cn1c(CNn2cccc2)cc(=O)n(C)c1=O. The summed E-state index contributed by atoms with van der Waals surface area (Å²) >= 11 is 0. The molecule has 2 rings (SSSR count). The third-order valence-corrected chi connectivity index (χ3v) is 2.67. The Morgan fingerprint density at radius 1 is 1.12 bits per heavy atom. The number of hydrogen-bond donors (Lipinski definition) is 1. The van der Waals surface area contributed by atoms with Crippen LogP contribution in [0.15, 0.2) is 40.2 Å². The fourth-order valence-corrected chi connectivity index (χ4v) is 1.56. The van der Waals surface area contributed by atoms with Gasteiger partial charge in [0.1, 0.15) is 0 Å². The van der Waals surface area contributed by atoms with Crippen LogP contribution >= 0.6 is 0 Å². The maximum absolute atomic E-state index is 11.7. The largest absolute Gasteiger partial charge is 0.330 e. The second-order valence-corrected chi connectivity index (χ2v) is 3.80. The van der Waals surface area contributed by atoms with Crippen LogP contribution < -0.4 is 16.7 Å². The Bertz CT molecular complexity index is 622. The summed E-state index contributed by atoms with van der Waals surface area (Å²) in [6, 6.07) is 5.23. The molecule has 0 saturated heterocycles. The highest BCUT2D eigenvalue weighted by atomic mass is 16.2. The maximum atomic E-state index is 11.7. The van der Waals surface area contributed by atoms with Crippen LogP contribution in [0.4, 0.5) is 0 Å². The summed E-state index contributed by atoms with van der Waals surface area (Å²) in [5.41, 5.74) is 3.10. The zero-order valence-electron chi connectivity index (χ0n) is 9.75. The lowest BCUT2D eigenvalue weighted by atomic mass is 10.4. The van der Waals surface area contributed by atoms with E-state index >= 15 is 0 Å². The van der Waals surface area contributed by atoms with E-state index in [2.05, 4.69) is 5.43 Å². The lowest BCUT2D eigenvalue weighted by Gasteiger charge is -2.11. The van der Waals surface area contributed by atoms with Gasteiger partial charge >= 0.3 is 5.69 Å². The Balaban J connectivity index is 2.28. The van der Waals surface area contributed by atoms with Crippen LogP contribution in [0.3, 0.4) is 0 Å². The van der Waals surface area contributed by atoms with Crippen LogP contribution in [-0.4, -0.2) is 13.8 Å². The maximum Gasteiger partial charge on any atom is 0.330 e. The standard InChI is InChI=1S/C11H14N4O2/c1-13-9(7-10(16)14(2)11(13)17)8-12-15-5-3-4-6-15/h3-7,12H,8H2,1-2H3. The molecule has 2 aromatic heterocycles. The topological polar surface area (TPSA) is 61.0 Å². The van der Waals surface area contributed by atoms with Crippen molar-refractivity contribution < 1.29 is 0 Å². The molecule has 17 heavy (non-hydrogen) atoms. The first-order chi connectivity index (χ1) is 8.09. The predicted molar refractivity (Wildman–Crippen MR) is 64.4 cm³/mol. The Morgan fingerprint density at radius 3 is 2.41 bits per heavy atom. The molecule has 0 atom stereocenters. The summed E-state index contributed by atoms with van der Waals surface area (Å²) in [6.45, 7) is 0.413. The quantitative estimate of drug-likeness (QED) is 0.788. The Hall–Kier alpha value is -2.24. The lowest BCUT2D eigenvalue weighted by Crippen LogP contribution is -2.38. The molecular formula is C11H14N4O2. The van der Waals surface area contributed by atoms with E-state index in [4.69, 9.17) is 0 Å². The van der Waals surface area contributed by atoms with E-state index in [1.807, 2.05) is 24.5 Å². The lowest BCUT2D eigenvalue weighted by molar-refractivity contribution is 0.645. The molecule has 0 radical (unpaired) electrons. The fourth-order valence-electron chi connectivity index (χ4n) is 1.56. The van der Waals surface area contributed by atoms with Gasteiger partial charge in [-0.15, -0.1) is 0 Å². The molecule has 90 valence electrons. The van der Waals surface area contributed by atoms with E-state index < -0.39 is 0 Å². The van der Waals surface area contributed by atoms with E-state index in [-0.39, 0.29) is 11.2 Å². The van der Waals surface area contributed by atoms with Crippen molar-refractivity contribution in [3.05, 3.63) is 57.1 Å². The van der Waals surface area contributed by atoms with Gasteiger partial charge in [0.25, 0.3) is 5.56 Å². The first-order valence-corrected chi connectivity index (χ1v) is 5.22. The van der Waals surface area contributed by atoms with Crippen molar-refractivity contribution in [1.29, 1.82) is 0 Å². The van der Waals surface area contributed by atoms with Gasteiger partial charge < -0.3 is 5.43 Å². The van der Waals surface area contributed by atoms with Crippen molar-refractivity contribution in [3.8, 4) is 0 Å². The molecule has 0 fully saturated rings. The molecule has 0 amide bonds. The van der Waals surface area contributed by atoms with Crippen LogP contribution in [0.5, 0.6) is 0 Å². The molecule has 0 bridgehead atoms. The van der Waals surface area contributed by atoms with Crippen LogP contribution in [0.25, 0.3) is 0 Å². The van der Waals surface area contributed by atoms with Gasteiger partial charge in [-0.3, -0.25) is 18.6 Å². The zero-order valence-corrected chi connectivity index (χ0v) is 9.75. The molecule has 6 heteroatoms. The van der Waals surface area contributed by atoms with Crippen molar-refractivity contribution in [2.45, 2.75) is 6.54 Å². The second-order valence-electron chi connectivity index (χ2n) is 3.80. The normalized spacial score (nSPS) is 10.5. The van der Waals surface area contributed by atoms with Gasteiger partial charge in [0.2, 0.25) is 0 Å². The molecule has 0 unspecified atom stereocenters. The van der Waals surface area contributed by atoms with Gasteiger partial charge in [-0.25, -0.2) is 4.79 Å². The molecule has 6 nitrogen and oxygen atoms in total. The van der Waals surface area contributed by atoms with Gasteiger partial charge in [-0.1, -0.05) is 0 Å². The molecule has 0 spiro atoms. The number of aromatic nitrogens is 3. The molecule has 0 aliphatic carbocycles. The fraction of sp³-hybridized carbons (Fsp3) is 0.273. The van der Waals surface area contributed by atoms with Crippen molar-refractivity contribution in [1.82, 2.24) is 13.8 Å². The van der Waals surface area contributed by atoms with Crippen molar-refractivity contribution in [2.75, 3.05) is 5.43 Å². The first-order valence-electron chi connectivity index (χ1n) is 5.22. The van der Waals surface area contributed by atoms with E-state index in [0.29, 0.717) is 12.2 Å². The van der Waals surface area contributed by atoms with Crippen molar-refractivity contribution in [2.24, 2.45) is 14.1 Å². The minimum Gasteiger partial charge on any atom is -0.321 e. The monoisotopic (exact) mass is 234 g/mol. The molecule has 0 aliphatic rings. The highest BCUT2D eigenvalue weighted by molar-refractivity contribution is 5.05. The molecule has 2 aromatic rings. The summed E-state index contributed by atoms with van der Waals surface area (Å²) in [5.74, 6) is 0. The second kappa shape index (κ2) is 4.32. The highest BCUT2D eigenvalue weighted by Gasteiger charge is 2.04. The van der Waals surface area contributed by atoms with E-state index in [9.17, 15) is 9.59 Å². The molecule has 0 saturated carbocycles. The average Bonchev–Trinajstić information content (AvgIpc) is 2.82. The van der Waals surface area contributed by atoms with Gasteiger partial charge in [-0.2, -0.15) is 0 Å². The number of nitrogens with one attached hydrogen (secondary N) is 1. The number of nitrogens with zero attached hydrogens (tertiary/aromatic N) is 3. The van der Waals surface area contributed by atoms with E-state index in [1.165, 1.54) is 17.7 Å². The third-order valence-electron chi connectivity index (χ3n) is 2.67. The minimum absolute atomic E-state index is 0.294. The van der Waals surface area contributed by atoms with Gasteiger partial charge in [0, 0.05) is 38.2 Å². The molecule has 0 aliphatic heterocycles. The van der Waals surface area contributed by atoms with Crippen LogP contribution in [0, 0.1) is 0 Å². The van der Waals surface area contributed by atoms with Gasteiger partial charge in [0.15, 0.2) is 0 Å². The summed E-state index contributed by atoms with van der Waals surface area (Å²) in [4.78, 5) is 23.2. The van der Waals surface area contributed by atoms with Crippen molar-refractivity contribution >= 4 is 0 Å². The predicted octanol–water partition coefficient (Wildman–Crippen LogP) is -0.371. The third kappa shape index (κ3) is 2.15. The zero-order chi connectivity index (χ0) is 12.4. The number of hydrogen-bond acceptors (Lipinski definition) is 3. The Labute approximate surface area is 97.7 Å². The summed E-state index contributed by atoms with van der Waals surface area (Å²) in [5, 5.41) is 0. The molecule has 2 heterocycles. The molecular weight excluding hydrogens is 220 g/mol. The minimum atomic E-state index is -0.318. The smallest absolute Gasteiger partial charge is 0.321 e.